The van der Waals surface area contributed by atoms with E-state index in [1.807, 2.05) is 0 Å². The number of aliphatic hydroxyl groups is 1. The number of methoxy groups -OCH3 is 1. The Morgan fingerprint density at radius 2 is 1.94 bits per heavy atom. The summed E-state index contributed by atoms with van der Waals surface area (Å²) in [5.41, 5.74) is 1.07. The number of benzene rings is 1. The van der Waals surface area contributed by atoms with Crippen LogP contribution in [0.2, 0.25) is 0 Å². The van der Waals surface area contributed by atoms with E-state index in [0.29, 0.717) is 11.3 Å². The summed E-state index contributed by atoms with van der Waals surface area (Å²) < 4.78 is 29.9. The second kappa shape index (κ2) is 6.36. The van der Waals surface area contributed by atoms with Gasteiger partial charge in [-0.25, -0.2) is 8.42 Å². The Morgan fingerprint density at radius 1 is 1.33 bits per heavy atom. The van der Waals surface area contributed by atoms with Gasteiger partial charge in [0.15, 0.2) is 0 Å². The van der Waals surface area contributed by atoms with Crippen LogP contribution in [0.5, 0.6) is 0 Å². The van der Waals surface area contributed by atoms with Crippen molar-refractivity contribution in [2.45, 2.75) is 13.0 Å². The molecule has 0 aliphatic rings. The van der Waals surface area contributed by atoms with Crippen LogP contribution in [-0.2, 0) is 26.2 Å². The maximum Gasteiger partial charge on any atom is 0.306 e. The standard InChI is InChI=1S/C11H15NO5S/c1-17-11(14)6-7-18(15,16)12-10-4-2-9(8-13)3-5-10/h2-5,12-13H,6-8H2,1H3. The Kier molecular flexibility index (Phi) is 5.11. The van der Waals surface area contributed by atoms with E-state index in [9.17, 15) is 13.2 Å². The van der Waals surface area contributed by atoms with Crippen molar-refractivity contribution in [3.05, 3.63) is 29.8 Å². The first-order valence-corrected chi connectivity index (χ1v) is 6.89. The van der Waals surface area contributed by atoms with Gasteiger partial charge in [0.1, 0.15) is 0 Å². The first-order valence-electron chi connectivity index (χ1n) is 5.24. The van der Waals surface area contributed by atoms with E-state index in [4.69, 9.17) is 5.11 Å². The quantitative estimate of drug-likeness (QED) is 0.736. The molecule has 0 bridgehead atoms. The summed E-state index contributed by atoms with van der Waals surface area (Å²) in [6, 6.07) is 6.30. The second-order valence-corrected chi connectivity index (χ2v) is 5.44. The predicted molar refractivity (Wildman–Crippen MR) is 66.4 cm³/mol. The van der Waals surface area contributed by atoms with E-state index < -0.39 is 16.0 Å². The Hall–Kier alpha value is -1.60. The van der Waals surface area contributed by atoms with Gasteiger partial charge in [-0.2, -0.15) is 0 Å². The molecule has 0 aliphatic carbocycles. The molecule has 0 amide bonds. The van der Waals surface area contributed by atoms with Gasteiger partial charge in [0, 0.05) is 5.69 Å². The molecule has 2 N–H and O–H groups in total. The van der Waals surface area contributed by atoms with Gasteiger partial charge in [-0.3, -0.25) is 9.52 Å². The summed E-state index contributed by atoms with van der Waals surface area (Å²) >= 11 is 0. The lowest BCUT2D eigenvalue weighted by molar-refractivity contribution is -0.140. The molecule has 0 heterocycles. The largest absolute Gasteiger partial charge is 0.469 e. The Labute approximate surface area is 106 Å². The fraction of sp³-hybridized carbons (Fsp3) is 0.364. The number of ether oxygens (including phenoxy) is 1. The molecule has 0 saturated heterocycles. The van der Waals surface area contributed by atoms with Crippen molar-refractivity contribution >= 4 is 21.7 Å². The monoisotopic (exact) mass is 273 g/mol. The van der Waals surface area contributed by atoms with E-state index in [1.165, 1.54) is 7.11 Å². The highest BCUT2D eigenvalue weighted by Crippen LogP contribution is 2.11. The zero-order valence-corrected chi connectivity index (χ0v) is 10.7. The lowest BCUT2D eigenvalue weighted by Gasteiger charge is -2.07. The fourth-order valence-electron chi connectivity index (χ4n) is 1.23. The van der Waals surface area contributed by atoms with Crippen molar-refractivity contribution in [1.29, 1.82) is 0 Å². The number of esters is 1. The average Bonchev–Trinajstić information content (AvgIpc) is 2.36. The molecule has 0 saturated carbocycles. The average molecular weight is 273 g/mol. The van der Waals surface area contributed by atoms with Crippen LogP contribution in [-0.4, -0.2) is 32.4 Å². The number of anilines is 1. The summed E-state index contributed by atoms with van der Waals surface area (Å²) in [5.74, 6) is -0.905. The lowest BCUT2D eigenvalue weighted by Crippen LogP contribution is -2.19. The topological polar surface area (TPSA) is 92.7 Å². The summed E-state index contributed by atoms with van der Waals surface area (Å²) in [4.78, 5) is 10.9. The van der Waals surface area contributed by atoms with Crippen LogP contribution in [0, 0.1) is 0 Å². The van der Waals surface area contributed by atoms with Crippen molar-refractivity contribution in [2.24, 2.45) is 0 Å². The molecule has 0 atom stereocenters. The SMILES string of the molecule is COC(=O)CCS(=O)(=O)Nc1ccc(CO)cc1. The minimum Gasteiger partial charge on any atom is -0.469 e. The fourth-order valence-corrected chi connectivity index (χ4v) is 2.26. The highest BCUT2D eigenvalue weighted by molar-refractivity contribution is 7.92. The molecule has 1 rings (SSSR count). The van der Waals surface area contributed by atoms with Crippen molar-refractivity contribution in [3.8, 4) is 0 Å². The van der Waals surface area contributed by atoms with E-state index in [2.05, 4.69) is 9.46 Å². The summed E-state index contributed by atoms with van der Waals surface area (Å²) in [7, 11) is -2.37. The van der Waals surface area contributed by atoms with Gasteiger partial charge in [-0.15, -0.1) is 0 Å². The van der Waals surface area contributed by atoms with Crippen LogP contribution in [0.1, 0.15) is 12.0 Å². The summed E-state index contributed by atoms with van der Waals surface area (Å²) in [6.45, 7) is -0.102. The molecule has 0 radical (unpaired) electrons. The van der Waals surface area contributed by atoms with Crippen molar-refractivity contribution in [2.75, 3.05) is 17.6 Å². The number of hydrogen-bond acceptors (Lipinski definition) is 5. The first kappa shape index (κ1) is 14.5. The molecule has 0 aliphatic heterocycles. The molecule has 100 valence electrons. The molecule has 1 aromatic rings. The highest BCUT2D eigenvalue weighted by atomic mass is 32.2. The van der Waals surface area contributed by atoms with Gasteiger partial charge in [0.05, 0.1) is 25.9 Å². The van der Waals surface area contributed by atoms with E-state index in [0.717, 1.165) is 0 Å². The predicted octanol–water partition coefficient (Wildman–Crippen LogP) is 0.484. The molecule has 6 nitrogen and oxygen atoms in total. The molecule has 0 spiro atoms. The molecule has 18 heavy (non-hydrogen) atoms. The molecule has 7 heteroatoms. The van der Waals surface area contributed by atoms with E-state index in [1.54, 1.807) is 24.3 Å². The van der Waals surface area contributed by atoms with Crippen molar-refractivity contribution in [1.82, 2.24) is 0 Å². The maximum absolute atomic E-state index is 11.6. The molecule has 0 fully saturated rings. The minimum absolute atomic E-state index is 0.102. The Balaban J connectivity index is 2.61. The number of aliphatic hydroxyl groups excluding tert-OH is 1. The third-order valence-corrected chi connectivity index (χ3v) is 3.50. The number of carbonyl (C=O) groups excluding carboxylic acids is 1. The number of hydrogen-bond donors (Lipinski definition) is 2. The lowest BCUT2D eigenvalue weighted by atomic mass is 10.2. The van der Waals surface area contributed by atoms with Crippen LogP contribution >= 0.6 is 0 Å². The molecular weight excluding hydrogens is 258 g/mol. The molecule has 1 aromatic carbocycles. The summed E-state index contributed by atoms with van der Waals surface area (Å²) in [5, 5.41) is 8.84. The van der Waals surface area contributed by atoms with Gasteiger partial charge in [0.2, 0.25) is 10.0 Å². The van der Waals surface area contributed by atoms with Crippen LogP contribution in [0.3, 0.4) is 0 Å². The normalized spacial score (nSPS) is 11.0. The first-order chi connectivity index (χ1) is 8.46. The highest BCUT2D eigenvalue weighted by Gasteiger charge is 2.13. The maximum atomic E-state index is 11.6. The van der Waals surface area contributed by atoms with Crippen molar-refractivity contribution in [3.63, 3.8) is 0 Å². The zero-order chi connectivity index (χ0) is 13.6. The van der Waals surface area contributed by atoms with Gasteiger partial charge in [-0.05, 0) is 17.7 Å². The number of nitrogens with one attached hydrogen (secondary N) is 1. The number of rotatable bonds is 6. The van der Waals surface area contributed by atoms with Gasteiger partial charge >= 0.3 is 5.97 Å². The van der Waals surface area contributed by atoms with Crippen LogP contribution < -0.4 is 4.72 Å². The summed E-state index contributed by atoms with van der Waals surface area (Å²) in [6.07, 6.45) is -0.194. The smallest absolute Gasteiger partial charge is 0.306 e. The zero-order valence-electron chi connectivity index (χ0n) is 9.92. The molecule has 0 unspecified atom stereocenters. The number of carbonyl (C=O) groups is 1. The third-order valence-electron chi connectivity index (χ3n) is 2.21. The van der Waals surface area contributed by atoms with Crippen molar-refractivity contribution < 1.29 is 23.1 Å². The third kappa shape index (κ3) is 4.72. The van der Waals surface area contributed by atoms with Gasteiger partial charge < -0.3 is 9.84 Å². The van der Waals surface area contributed by atoms with Gasteiger partial charge in [-0.1, -0.05) is 12.1 Å². The van der Waals surface area contributed by atoms with Crippen LogP contribution in [0.25, 0.3) is 0 Å². The minimum atomic E-state index is -3.57. The second-order valence-electron chi connectivity index (χ2n) is 3.60. The molecule has 0 aromatic heterocycles. The number of sulfonamides is 1. The van der Waals surface area contributed by atoms with Crippen LogP contribution in [0.4, 0.5) is 5.69 Å². The van der Waals surface area contributed by atoms with Crippen LogP contribution in [0.15, 0.2) is 24.3 Å². The van der Waals surface area contributed by atoms with E-state index in [-0.39, 0.29) is 18.8 Å². The van der Waals surface area contributed by atoms with E-state index >= 15 is 0 Å². The van der Waals surface area contributed by atoms with Gasteiger partial charge in [0.25, 0.3) is 0 Å². The molecular formula is C11H15NO5S. The Morgan fingerprint density at radius 3 is 2.44 bits per heavy atom. The Bertz CT molecular complexity index is 495.